The van der Waals surface area contributed by atoms with Gasteiger partial charge in [-0.15, -0.1) is 0 Å². The lowest BCUT2D eigenvalue weighted by Gasteiger charge is -2.30. The van der Waals surface area contributed by atoms with Gasteiger partial charge in [0, 0.05) is 27.8 Å². The average Bonchev–Trinajstić information content (AvgIpc) is 3.51. The number of hydrogen-bond acceptors (Lipinski definition) is 1. The maximum atomic E-state index is 2.48. The van der Waals surface area contributed by atoms with Crippen molar-refractivity contribution in [2.24, 2.45) is 0 Å². The van der Waals surface area contributed by atoms with Crippen molar-refractivity contribution in [1.82, 2.24) is 0 Å². The van der Waals surface area contributed by atoms with E-state index in [4.69, 9.17) is 0 Å². The van der Waals surface area contributed by atoms with Crippen LogP contribution in [0.5, 0.6) is 0 Å². The van der Waals surface area contributed by atoms with Crippen molar-refractivity contribution >= 4 is 38.6 Å². The summed E-state index contributed by atoms with van der Waals surface area (Å²) in [5.41, 5.74) is 16.1. The lowest BCUT2D eigenvalue weighted by atomic mass is 9.78. The van der Waals surface area contributed by atoms with Crippen LogP contribution in [-0.4, -0.2) is 0 Å². The summed E-state index contributed by atoms with van der Waals surface area (Å²) in [7, 11) is 0. The van der Waals surface area contributed by atoms with Crippen molar-refractivity contribution < 1.29 is 0 Å². The number of fused-ring (bicyclic) bond motifs is 6. The Morgan fingerprint density at radius 1 is 0.421 bits per heavy atom. The molecule has 0 atom stereocenters. The summed E-state index contributed by atoms with van der Waals surface area (Å²) < 4.78 is 0. The van der Waals surface area contributed by atoms with Crippen molar-refractivity contribution in [3.63, 3.8) is 0 Å². The molecular weight excluding hydrogens is 687 g/mol. The van der Waals surface area contributed by atoms with E-state index in [-0.39, 0.29) is 10.8 Å². The highest BCUT2D eigenvalue weighted by Gasteiger charge is 2.39. The molecule has 1 nitrogen and oxygen atoms in total. The number of hydrogen-bond donors (Lipinski definition) is 0. The molecule has 0 bridgehead atoms. The second kappa shape index (κ2) is 13.5. The van der Waals surface area contributed by atoms with Gasteiger partial charge in [-0.25, -0.2) is 0 Å². The molecule has 1 aliphatic rings. The molecule has 0 spiro atoms. The van der Waals surface area contributed by atoms with E-state index in [9.17, 15) is 0 Å². The van der Waals surface area contributed by atoms with Crippen molar-refractivity contribution in [3.05, 3.63) is 222 Å². The lowest BCUT2D eigenvalue weighted by molar-refractivity contribution is 0.641. The Labute approximate surface area is 336 Å². The largest absolute Gasteiger partial charge is 0.310 e. The van der Waals surface area contributed by atoms with E-state index in [1.165, 1.54) is 82.9 Å². The number of benzene rings is 9. The number of rotatable bonds is 7. The first-order chi connectivity index (χ1) is 27.8. The predicted molar refractivity (Wildman–Crippen MR) is 243 cm³/mol. The first kappa shape index (κ1) is 34.8. The van der Waals surface area contributed by atoms with Crippen molar-refractivity contribution in [3.8, 4) is 33.4 Å². The van der Waals surface area contributed by atoms with Crippen LogP contribution < -0.4 is 4.90 Å². The van der Waals surface area contributed by atoms with E-state index in [0.717, 1.165) is 11.4 Å². The summed E-state index contributed by atoms with van der Waals surface area (Å²) in [6, 6.07) is 73.8. The molecule has 274 valence electrons. The second-order valence-electron chi connectivity index (χ2n) is 16.6. The Morgan fingerprint density at radius 2 is 0.930 bits per heavy atom. The van der Waals surface area contributed by atoms with E-state index in [0.29, 0.717) is 0 Å². The van der Waals surface area contributed by atoms with Gasteiger partial charge in [0.25, 0.3) is 0 Å². The van der Waals surface area contributed by atoms with Gasteiger partial charge in [0.05, 0.1) is 5.69 Å². The van der Waals surface area contributed by atoms with E-state index >= 15 is 0 Å². The van der Waals surface area contributed by atoms with Crippen LogP contribution in [0.25, 0.3) is 54.9 Å². The highest BCUT2D eigenvalue weighted by molar-refractivity contribution is 6.06. The zero-order chi connectivity index (χ0) is 38.7. The quantitative estimate of drug-likeness (QED) is 0.158. The standard InChI is InChI=1S/C56H45N/c1-55(2,45-17-6-5-7-18-45)46-30-24-39(25-31-46)40-26-32-47(33-27-40)57(48-34-28-41(29-35-48)43-23-22-38-14-8-9-15-42(38)36-43)52-37-44-16-10-11-19-49(44)54-53(52)50-20-12-13-21-51(50)56(54,3)4/h5-37H,1-4H3. The van der Waals surface area contributed by atoms with E-state index < -0.39 is 0 Å². The van der Waals surface area contributed by atoms with Crippen LogP contribution in [0.1, 0.15) is 49.9 Å². The van der Waals surface area contributed by atoms with Gasteiger partial charge in [0.2, 0.25) is 0 Å². The van der Waals surface area contributed by atoms with Gasteiger partial charge in [-0.2, -0.15) is 0 Å². The monoisotopic (exact) mass is 731 g/mol. The topological polar surface area (TPSA) is 3.24 Å². The van der Waals surface area contributed by atoms with Crippen LogP contribution in [0.3, 0.4) is 0 Å². The average molecular weight is 732 g/mol. The molecule has 1 aliphatic carbocycles. The summed E-state index contributed by atoms with van der Waals surface area (Å²) in [5.74, 6) is 0. The maximum Gasteiger partial charge on any atom is 0.0549 e. The zero-order valence-corrected chi connectivity index (χ0v) is 33.0. The smallest absolute Gasteiger partial charge is 0.0549 e. The summed E-state index contributed by atoms with van der Waals surface area (Å²) in [5, 5.41) is 5.08. The minimum absolute atomic E-state index is 0.0820. The molecule has 0 saturated carbocycles. The first-order valence-corrected chi connectivity index (χ1v) is 20.1. The van der Waals surface area contributed by atoms with Gasteiger partial charge in [0.1, 0.15) is 0 Å². The third-order valence-electron chi connectivity index (χ3n) is 12.5. The Kier molecular flexibility index (Phi) is 8.23. The van der Waals surface area contributed by atoms with Gasteiger partial charge in [-0.3, -0.25) is 0 Å². The van der Waals surface area contributed by atoms with E-state index in [1.54, 1.807) is 0 Å². The molecular formula is C56H45N. The van der Waals surface area contributed by atoms with Gasteiger partial charge in [-0.05, 0) is 108 Å². The first-order valence-electron chi connectivity index (χ1n) is 20.1. The second-order valence-corrected chi connectivity index (χ2v) is 16.6. The third-order valence-corrected chi connectivity index (χ3v) is 12.5. The van der Waals surface area contributed by atoms with E-state index in [2.05, 4.69) is 233 Å². The molecule has 57 heavy (non-hydrogen) atoms. The molecule has 0 aromatic heterocycles. The molecule has 0 heterocycles. The Bertz CT molecular complexity index is 2920. The molecule has 0 radical (unpaired) electrons. The van der Waals surface area contributed by atoms with Crippen LogP contribution in [0, 0.1) is 0 Å². The van der Waals surface area contributed by atoms with Gasteiger partial charge in [0.15, 0.2) is 0 Å². The zero-order valence-electron chi connectivity index (χ0n) is 33.0. The summed E-state index contributed by atoms with van der Waals surface area (Å²) in [6.45, 7) is 9.38. The van der Waals surface area contributed by atoms with Crippen molar-refractivity contribution in [2.75, 3.05) is 4.90 Å². The fraction of sp³-hybridized carbons (Fsp3) is 0.107. The molecule has 0 aliphatic heterocycles. The van der Waals surface area contributed by atoms with Crippen LogP contribution in [0.2, 0.25) is 0 Å². The molecule has 0 saturated heterocycles. The highest BCUT2D eigenvalue weighted by Crippen LogP contribution is 2.56. The predicted octanol–water partition coefficient (Wildman–Crippen LogP) is 15.4. The number of nitrogens with zero attached hydrogens (tertiary/aromatic N) is 1. The maximum absolute atomic E-state index is 2.48. The molecule has 0 N–H and O–H groups in total. The fourth-order valence-electron chi connectivity index (χ4n) is 9.31. The van der Waals surface area contributed by atoms with Gasteiger partial charge >= 0.3 is 0 Å². The van der Waals surface area contributed by atoms with Crippen LogP contribution in [0.15, 0.2) is 200 Å². The summed E-state index contributed by atoms with van der Waals surface area (Å²) >= 11 is 0. The fourth-order valence-corrected chi connectivity index (χ4v) is 9.31. The molecule has 0 amide bonds. The minimum atomic E-state index is -0.155. The molecule has 9 aromatic carbocycles. The Balaban J connectivity index is 1.10. The third kappa shape index (κ3) is 5.85. The van der Waals surface area contributed by atoms with Crippen molar-refractivity contribution in [2.45, 2.75) is 38.5 Å². The van der Waals surface area contributed by atoms with Gasteiger partial charge < -0.3 is 4.90 Å². The molecule has 0 fully saturated rings. The van der Waals surface area contributed by atoms with Gasteiger partial charge in [-0.1, -0.05) is 191 Å². The summed E-state index contributed by atoms with van der Waals surface area (Å²) in [4.78, 5) is 2.48. The number of anilines is 3. The summed E-state index contributed by atoms with van der Waals surface area (Å²) in [6.07, 6.45) is 0. The highest BCUT2D eigenvalue weighted by atomic mass is 15.1. The van der Waals surface area contributed by atoms with Crippen LogP contribution >= 0.6 is 0 Å². The normalized spacial score (nSPS) is 13.1. The van der Waals surface area contributed by atoms with Crippen LogP contribution in [0.4, 0.5) is 17.1 Å². The minimum Gasteiger partial charge on any atom is -0.310 e. The molecule has 1 heteroatoms. The Hall–Kier alpha value is -6.70. The molecule has 0 unspecified atom stereocenters. The SMILES string of the molecule is CC(C)(c1ccccc1)c1ccc(-c2ccc(N(c3ccc(-c4ccc5ccccc5c4)cc3)c3cc4ccccc4c4c3-c3ccccc3C4(C)C)cc2)cc1. The Morgan fingerprint density at radius 3 is 1.61 bits per heavy atom. The molecule has 9 aromatic rings. The van der Waals surface area contributed by atoms with E-state index in [1.807, 2.05) is 0 Å². The lowest BCUT2D eigenvalue weighted by Crippen LogP contribution is -2.18. The molecule has 10 rings (SSSR count). The van der Waals surface area contributed by atoms with Crippen molar-refractivity contribution in [1.29, 1.82) is 0 Å². The van der Waals surface area contributed by atoms with Crippen LogP contribution in [-0.2, 0) is 10.8 Å².